The largest absolute Gasteiger partial charge is 0.454 e. The molecular formula is C13H9ClN2O. The van der Waals surface area contributed by atoms with E-state index in [1.165, 1.54) is 0 Å². The summed E-state index contributed by atoms with van der Waals surface area (Å²) in [6.45, 7) is 0. The average molecular weight is 245 g/mol. The Balaban J connectivity index is 2.32. The van der Waals surface area contributed by atoms with Gasteiger partial charge in [-0.3, -0.25) is 0 Å². The van der Waals surface area contributed by atoms with Crippen LogP contribution < -0.4 is 10.5 Å². The van der Waals surface area contributed by atoms with Crippen LogP contribution in [0.1, 0.15) is 5.56 Å². The van der Waals surface area contributed by atoms with Gasteiger partial charge < -0.3 is 10.5 Å². The maximum absolute atomic E-state index is 8.72. The number of nitrogens with two attached hydrogens (primary N) is 1. The number of halogens is 1. The molecule has 0 saturated heterocycles. The van der Waals surface area contributed by atoms with Crippen molar-refractivity contribution >= 4 is 17.3 Å². The normalized spacial score (nSPS) is 9.65. The van der Waals surface area contributed by atoms with Crippen LogP contribution in [0.15, 0.2) is 42.5 Å². The summed E-state index contributed by atoms with van der Waals surface area (Å²) in [6.07, 6.45) is 0. The van der Waals surface area contributed by atoms with Crippen molar-refractivity contribution < 1.29 is 4.74 Å². The van der Waals surface area contributed by atoms with E-state index in [1.807, 2.05) is 18.2 Å². The Morgan fingerprint density at radius 2 is 1.88 bits per heavy atom. The highest BCUT2D eigenvalue weighted by Crippen LogP contribution is 2.32. The zero-order valence-electron chi connectivity index (χ0n) is 8.85. The second kappa shape index (κ2) is 4.77. The lowest BCUT2D eigenvalue weighted by Gasteiger charge is -2.09. The molecule has 4 heteroatoms. The molecule has 0 aromatic heterocycles. The number of rotatable bonds is 2. The van der Waals surface area contributed by atoms with Gasteiger partial charge in [-0.2, -0.15) is 5.26 Å². The highest BCUT2D eigenvalue weighted by molar-refractivity contribution is 6.32. The molecule has 2 rings (SSSR count). The number of hydrogen-bond donors (Lipinski definition) is 1. The molecule has 0 saturated carbocycles. The second-order valence-corrected chi connectivity index (χ2v) is 3.80. The second-order valence-electron chi connectivity index (χ2n) is 3.40. The molecule has 0 aliphatic rings. The van der Waals surface area contributed by atoms with Gasteiger partial charge in [0.15, 0.2) is 0 Å². The Hall–Kier alpha value is -2.18. The molecule has 2 aromatic rings. The SMILES string of the molecule is N#Cc1ccc(Oc2ccccc2N)c(Cl)c1. The van der Waals surface area contributed by atoms with Gasteiger partial charge in [0.05, 0.1) is 22.3 Å². The molecule has 0 atom stereocenters. The lowest BCUT2D eigenvalue weighted by molar-refractivity contribution is 0.485. The maximum atomic E-state index is 8.72. The van der Waals surface area contributed by atoms with Crippen LogP contribution in [0.4, 0.5) is 5.69 Å². The Labute approximate surface area is 104 Å². The summed E-state index contributed by atoms with van der Waals surface area (Å²) in [5.41, 5.74) is 6.78. The highest BCUT2D eigenvalue weighted by atomic mass is 35.5. The van der Waals surface area contributed by atoms with E-state index in [4.69, 9.17) is 27.3 Å². The molecule has 2 aromatic carbocycles. The van der Waals surface area contributed by atoms with E-state index in [2.05, 4.69) is 0 Å². The van der Waals surface area contributed by atoms with E-state index < -0.39 is 0 Å². The third-order valence-electron chi connectivity index (χ3n) is 2.20. The van der Waals surface area contributed by atoms with Crippen LogP contribution in [0.5, 0.6) is 11.5 Å². The minimum Gasteiger partial charge on any atom is -0.454 e. The van der Waals surface area contributed by atoms with Crippen LogP contribution in [0.2, 0.25) is 5.02 Å². The first-order chi connectivity index (χ1) is 8.20. The molecule has 84 valence electrons. The fraction of sp³-hybridized carbons (Fsp3) is 0. The van der Waals surface area contributed by atoms with Gasteiger partial charge in [-0.15, -0.1) is 0 Å². The van der Waals surface area contributed by atoms with E-state index >= 15 is 0 Å². The number of para-hydroxylation sites is 2. The third-order valence-corrected chi connectivity index (χ3v) is 2.50. The molecule has 0 spiro atoms. The molecule has 2 N–H and O–H groups in total. The van der Waals surface area contributed by atoms with E-state index in [9.17, 15) is 0 Å². The molecule has 0 aliphatic carbocycles. The monoisotopic (exact) mass is 244 g/mol. The van der Waals surface area contributed by atoms with Gasteiger partial charge in [-0.05, 0) is 30.3 Å². The van der Waals surface area contributed by atoms with E-state index in [0.717, 1.165) is 0 Å². The first kappa shape index (κ1) is 11.3. The van der Waals surface area contributed by atoms with Gasteiger partial charge in [0.1, 0.15) is 11.5 Å². The lowest BCUT2D eigenvalue weighted by Crippen LogP contribution is -1.92. The Morgan fingerprint density at radius 3 is 2.53 bits per heavy atom. The van der Waals surface area contributed by atoms with E-state index in [0.29, 0.717) is 27.8 Å². The number of nitrogens with zero attached hydrogens (tertiary/aromatic N) is 1. The van der Waals surface area contributed by atoms with Crippen LogP contribution in [-0.4, -0.2) is 0 Å². The minimum absolute atomic E-state index is 0.382. The zero-order chi connectivity index (χ0) is 12.3. The van der Waals surface area contributed by atoms with Gasteiger partial charge >= 0.3 is 0 Å². The van der Waals surface area contributed by atoms with E-state index in [-0.39, 0.29) is 0 Å². The van der Waals surface area contributed by atoms with Crippen molar-refractivity contribution in [3.8, 4) is 17.6 Å². The molecule has 0 radical (unpaired) electrons. The summed E-state index contributed by atoms with van der Waals surface area (Å²) < 4.78 is 5.57. The van der Waals surface area contributed by atoms with Gasteiger partial charge in [-0.1, -0.05) is 23.7 Å². The summed E-state index contributed by atoms with van der Waals surface area (Å²) in [5, 5.41) is 9.10. The first-order valence-electron chi connectivity index (χ1n) is 4.92. The summed E-state index contributed by atoms with van der Waals surface area (Å²) in [5.74, 6) is 1.02. The summed E-state index contributed by atoms with van der Waals surface area (Å²) in [7, 11) is 0. The van der Waals surface area contributed by atoms with Gasteiger partial charge in [0, 0.05) is 0 Å². The molecule has 0 aliphatic heterocycles. The van der Waals surface area contributed by atoms with Crippen molar-refractivity contribution in [2.45, 2.75) is 0 Å². The van der Waals surface area contributed by atoms with Crippen molar-refractivity contribution in [3.63, 3.8) is 0 Å². The fourth-order valence-corrected chi connectivity index (χ4v) is 1.56. The van der Waals surface area contributed by atoms with Crippen LogP contribution in [0, 0.1) is 11.3 Å². The molecule has 0 heterocycles. The number of nitrogen functional groups attached to an aromatic ring is 1. The van der Waals surface area contributed by atoms with Crippen LogP contribution in [0.3, 0.4) is 0 Å². The zero-order valence-corrected chi connectivity index (χ0v) is 9.61. The van der Waals surface area contributed by atoms with Crippen LogP contribution in [-0.2, 0) is 0 Å². The Morgan fingerprint density at radius 1 is 1.12 bits per heavy atom. The van der Waals surface area contributed by atoms with Crippen LogP contribution in [0.25, 0.3) is 0 Å². The van der Waals surface area contributed by atoms with Crippen LogP contribution >= 0.6 is 11.6 Å². The Kier molecular flexibility index (Phi) is 3.17. The smallest absolute Gasteiger partial charge is 0.150 e. The predicted molar refractivity (Wildman–Crippen MR) is 67.1 cm³/mol. The number of benzene rings is 2. The van der Waals surface area contributed by atoms with Gasteiger partial charge in [-0.25, -0.2) is 0 Å². The summed E-state index contributed by atoms with van der Waals surface area (Å²) in [6, 6.07) is 14.0. The van der Waals surface area contributed by atoms with Crippen molar-refractivity contribution in [2.75, 3.05) is 5.73 Å². The number of anilines is 1. The molecular weight excluding hydrogens is 236 g/mol. The average Bonchev–Trinajstić information content (AvgIpc) is 2.34. The predicted octanol–water partition coefficient (Wildman–Crippen LogP) is 3.59. The first-order valence-corrected chi connectivity index (χ1v) is 5.30. The van der Waals surface area contributed by atoms with Gasteiger partial charge in [0.2, 0.25) is 0 Å². The van der Waals surface area contributed by atoms with Crippen molar-refractivity contribution in [1.82, 2.24) is 0 Å². The molecule has 3 nitrogen and oxygen atoms in total. The van der Waals surface area contributed by atoms with E-state index in [1.54, 1.807) is 30.3 Å². The lowest BCUT2D eigenvalue weighted by atomic mass is 10.2. The van der Waals surface area contributed by atoms with Crippen molar-refractivity contribution in [2.24, 2.45) is 0 Å². The Bertz CT molecular complexity index is 590. The molecule has 0 bridgehead atoms. The standard InChI is InChI=1S/C13H9ClN2O/c14-10-7-9(8-15)5-6-12(10)17-13-4-2-1-3-11(13)16/h1-7H,16H2. The molecule has 0 fully saturated rings. The fourth-order valence-electron chi connectivity index (χ4n) is 1.35. The third kappa shape index (κ3) is 2.49. The highest BCUT2D eigenvalue weighted by Gasteiger charge is 2.06. The van der Waals surface area contributed by atoms with Gasteiger partial charge in [0.25, 0.3) is 0 Å². The van der Waals surface area contributed by atoms with Crippen molar-refractivity contribution in [3.05, 3.63) is 53.1 Å². The minimum atomic E-state index is 0.382. The number of nitriles is 1. The maximum Gasteiger partial charge on any atom is 0.150 e. The topological polar surface area (TPSA) is 59.0 Å². The summed E-state index contributed by atoms with van der Waals surface area (Å²) in [4.78, 5) is 0. The molecule has 0 unspecified atom stereocenters. The number of hydrogen-bond acceptors (Lipinski definition) is 3. The van der Waals surface area contributed by atoms with Crippen molar-refractivity contribution in [1.29, 1.82) is 5.26 Å². The quantitative estimate of drug-likeness (QED) is 0.822. The molecule has 0 amide bonds. The molecule has 17 heavy (non-hydrogen) atoms. The summed E-state index contributed by atoms with van der Waals surface area (Å²) >= 11 is 5.99. The number of ether oxygens (including phenoxy) is 1.